The molecule has 5 aromatic carbocycles. The monoisotopic (exact) mass is 448 g/mol. The lowest BCUT2D eigenvalue weighted by molar-refractivity contribution is 0.133. The molecule has 0 saturated carbocycles. The highest BCUT2D eigenvalue weighted by Gasteiger charge is 2.45. The van der Waals surface area contributed by atoms with Crippen LogP contribution in [0.5, 0.6) is 5.75 Å². The fourth-order valence-corrected chi connectivity index (χ4v) is 5.35. The first-order valence-electron chi connectivity index (χ1n) is 10.9. The molecule has 1 aliphatic rings. The molecule has 0 heterocycles. The molecule has 2 nitrogen and oxygen atoms in total. The zero-order valence-corrected chi connectivity index (χ0v) is 18.8. The number of halogens is 1. The van der Waals surface area contributed by atoms with E-state index in [9.17, 15) is 5.11 Å². The normalized spacial score (nSPS) is 16.5. The summed E-state index contributed by atoms with van der Waals surface area (Å²) in [6.07, 6.45) is 0. The Balaban J connectivity index is 1.74. The molecule has 0 amide bonds. The first-order valence-corrected chi connectivity index (χ1v) is 11.3. The van der Waals surface area contributed by atoms with Crippen LogP contribution in [-0.4, -0.2) is 12.2 Å². The summed E-state index contributed by atoms with van der Waals surface area (Å²) in [6, 6.07) is 34.2. The van der Waals surface area contributed by atoms with Crippen molar-refractivity contribution in [2.24, 2.45) is 0 Å². The van der Waals surface area contributed by atoms with Gasteiger partial charge in [-0.05, 0) is 57.3 Å². The third-order valence-corrected chi connectivity index (χ3v) is 6.89. The number of hydrogen-bond donors (Lipinski definition) is 1. The zero-order valence-electron chi connectivity index (χ0n) is 18.0. The van der Waals surface area contributed by atoms with E-state index < -0.39 is 5.60 Å². The largest absolute Gasteiger partial charge is 0.497 e. The summed E-state index contributed by atoms with van der Waals surface area (Å²) < 4.78 is 5.45. The minimum Gasteiger partial charge on any atom is -0.497 e. The lowest BCUT2D eigenvalue weighted by Crippen LogP contribution is -2.27. The number of methoxy groups -OCH3 is 1. The number of rotatable bonds is 3. The van der Waals surface area contributed by atoms with Gasteiger partial charge in [0.2, 0.25) is 0 Å². The van der Waals surface area contributed by atoms with Gasteiger partial charge in [0.05, 0.1) is 7.11 Å². The van der Waals surface area contributed by atoms with Crippen molar-refractivity contribution < 1.29 is 9.84 Å². The highest BCUT2D eigenvalue weighted by molar-refractivity contribution is 6.30. The number of aliphatic hydroxyl groups is 1. The van der Waals surface area contributed by atoms with Gasteiger partial charge in [0.15, 0.2) is 0 Å². The standard InChI is InChI=1S/C30H21ClO2/c1-33-22-13-16-24-20(17-22)11-14-26-25-15-12-21(31)18-28(25)30(32,29(24)26)27-10-6-5-9-23(27)19-7-3-2-4-8-19/h2-18,32H,1H3. The molecule has 3 heteroatoms. The molecular formula is C30H21ClO2. The Bertz CT molecular complexity index is 1520. The van der Waals surface area contributed by atoms with E-state index in [0.717, 1.165) is 55.5 Å². The summed E-state index contributed by atoms with van der Waals surface area (Å²) in [5, 5.41) is 15.4. The molecule has 6 rings (SSSR count). The maximum atomic E-state index is 12.8. The summed E-state index contributed by atoms with van der Waals surface area (Å²) >= 11 is 6.47. The van der Waals surface area contributed by atoms with Crippen molar-refractivity contribution in [2.45, 2.75) is 5.60 Å². The van der Waals surface area contributed by atoms with E-state index in [1.807, 2.05) is 72.8 Å². The molecule has 0 aromatic heterocycles. The first kappa shape index (κ1) is 20.0. The van der Waals surface area contributed by atoms with Gasteiger partial charge in [-0.2, -0.15) is 0 Å². The number of fused-ring (bicyclic) bond motifs is 5. The maximum Gasteiger partial charge on any atom is 0.143 e. The van der Waals surface area contributed by atoms with Crippen molar-refractivity contribution in [3.63, 3.8) is 0 Å². The highest BCUT2D eigenvalue weighted by Crippen LogP contribution is 2.55. The molecule has 1 aliphatic carbocycles. The van der Waals surface area contributed by atoms with Crippen molar-refractivity contribution in [2.75, 3.05) is 7.11 Å². The van der Waals surface area contributed by atoms with Gasteiger partial charge in [0, 0.05) is 21.7 Å². The van der Waals surface area contributed by atoms with Gasteiger partial charge >= 0.3 is 0 Å². The molecule has 33 heavy (non-hydrogen) atoms. The summed E-state index contributed by atoms with van der Waals surface area (Å²) in [4.78, 5) is 0. The molecule has 1 unspecified atom stereocenters. The van der Waals surface area contributed by atoms with Crippen molar-refractivity contribution in [3.05, 3.63) is 125 Å². The predicted octanol–water partition coefficient (Wildman–Crippen LogP) is 7.43. The molecule has 0 saturated heterocycles. The number of hydrogen-bond acceptors (Lipinski definition) is 2. The molecular weight excluding hydrogens is 428 g/mol. The molecule has 1 atom stereocenters. The lowest BCUT2D eigenvalue weighted by atomic mass is 9.79. The van der Waals surface area contributed by atoms with Crippen LogP contribution in [0.15, 0.2) is 103 Å². The van der Waals surface area contributed by atoms with Crippen LogP contribution in [0.25, 0.3) is 33.0 Å². The number of benzene rings is 5. The SMILES string of the molecule is COc1ccc2c3c(ccc2c1)-c1ccc(Cl)cc1C3(O)c1ccccc1-c1ccccc1. The Morgan fingerprint density at radius 1 is 0.697 bits per heavy atom. The minimum atomic E-state index is -1.36. The van der Waals surface area contributed by atoms with Gasteiger partial charge in [-0.1, -0.05) is 90.5 Å². The molecule has 0 aliphatic heterocycles. The second kappa shape index (κ2) is 7.48. The van der Waals surface area contributed by atoms with Gasteiger partial charge in [-0.25, -0.2) is 0 Å². The highest BCUT2D eigenvalue weighted by atomic mass is 35.5. The summed E-state index contributed by atoms with van der Waals surface area (Å²) in [5.74, 6) is 0.786. The van der Waals surface area contributed by atoms with Crippen molar-refractivity contribution in [1.29, 1.82) is 0 Å². The summed E-state index contributed by atoms with van der Waals surface area (Å²) in [6.45, 7) is 0. The van der Waals surface area contributed by atoms with Crippen molar-refractivity contribution in [3.8, 4) is 28.0 Å². The molecule has 0 spiro atoms. The smallest absolute Gasteiger partial charge is 0.143 e. The van der Waals surface area contributed by atoms with E-state index in [-0.39, 0.29) is 0 Å². The maximum absolute atomic E-state index is 12.8. The predicted molar refractivity (Wildman–Crippen MR) is 135 cm³/mol. The van der Waals surface area contributed by atoms with Crippen LogP contribution in [0.4, 0.5) is 0 Å². The summed E-state index contributed by atoms with van der Waals surface area (Å²) in [5.41, 5.74) is 5.21. The average Bonchev–Trinajstić information content (AvgIpc) is 3.13. The van der Waals surface area contributed by atoms with Crippen molar-refractivity contribution in [1.82, 2.24) is 0 Å². The Labute approximate surface area is 197 Å². The fraction of sp³-hybridized carbons (Fsp3) is 0.0667. The van der Waals surface area contributed by atoms with Crippen LogP contribution in [0, 0.1) is 0 Å². The Morgan fingerprint density at radius 3 is 2.27 bits per heavy atom. The van der Waals surface area contributed by atoms with Gasteiger partial charge in [-0.15, -0.1) is 0 Å². The second-order valence-electron chi connectivity index (χ2n) is 8.39. The van der Waals surface area contributed by atoms with Gasteiger partial charge in [0.25, 0.3) is 0 Å². The van der Waals surface area contributed by atoms with E-state index >= 15 is 0 Å². The van der Waals surface area contributed by atoms with Crippen LogP contribution in [0.3, 0.4) is 0 Å². The van der Waals surface area contributed by atoms with E-state index in [0.29, 0.717) is 5.02 Å². The quantitative estimate of drug-likeness (QED) is 0.311. The first-order chi connectivity index (χ1) is 16.1. The Hall–Kier alpha value is -3.59. The Kier molecular flexibility index (Phi) is 4.55. The molecule has 160 valence electrons. The van der Waals surface area contributed by atoms with Crippen LogP contribution < -0.4 is 4.74 Å². The van der Waals surface area contributed by atoms with Gasteiger partial charge < -0.3 is 9.84 Å². The van der Waals surface area contributed by atoms with E-state index in [4.69, 9.17) is 16.3 Å². The lowest BCUT2D eigenvalue weighted by Gasteiger charge is -2.30. The van der Waals surface area contributed by atoms with E-state index in [1.165, 1.54) is 0 Å². The van der Waals surface area contributed by atoms with Crippen molar-refractivity contribution >= 4 is 22.4 Å². The average molecular weight is 449 g/mol. The van der Waals surface area contributed by atoms with Gasteiger partial charge in [-0.3, -0.25) is 0 Å². The third-order valence-electron chi connectivity index (χ3n) is 6.65. The van der Waals surface area contributed by atoms with E-state index in [2.05, 4.69) is 30.3 Å². The molecule has 0 fully saturated rings. The minimum absolute atomic E-state index is 0.600. The second-order valence-corrected chi connectivity index (χ2v) is 8.82. The van der Waals surface area contributed by atoms with Crippen LogP contribution in [0.2, 0.25) is 5.02 Å². The van der Waals surface area contributed by atoms with Crippen LogP contribution in [-0.2, 0) is 5.60 Å². The van der Waals surface area contributed by atoms with Gasteiger partial charge in [0.1, 0.15) is 11.4 Å². The van der Waals surface area contributed by atoms with Crippen LogP contribution >= 0.6 is 11.6 Å². The fourth-order valence-electron chi connectivity index (χ4n) is 5.18. The van der Waals surface area contributed by atoms with Crippen LogP contribution in [0.1, 0.15) is 16.7 Å². The molecule has 5 aromatic rings. The number of ether oxygens (including phenoxy) is 1. The molecule has 1 N–H and O–H groups in total. The third kappa shape index (κ3) is 2.92. The van der Waals surface area contributed by atoms with E-state index in [1.54, 1.807) is 7.11 Å². The molecule has 0 radical (unpaired) electrons. The topological polar surface area (TPSA) is 29.5 Å². The summed E-state index contributed by atoms with van der Waals surface area (Å²) in [7, 11) is 1.67. The Morgan fingerprint density at radius 2 is 1.45 bits per heavy atom. The molecule has 0 bridgehead atoms. The zero-order chi connectivity index (χ0) is 22.6.